The summed E-state index contributed by atoms with van der Waals surface area (Å²) >= 11 is 0. The van der Waals surface area contributed by atoms with E-state index in [9.17, 15) is 13.2 Å². The molecule has 1 heterocycles. The third-order valence-electron chi connectivity index (χ3n) is 5.02. The van der Waals surface area contributed by atoms with Crippen LogP contribution in [0.1, 0.15) is 43.7 Å². The molecule has 2 unspecified atom stereocenters. The lowest BCUT2D eigenvalue weighted by Gasteiger charge is -2.28. The van der Waals surface area contributed by atoms with Crippen molar-refractivity contribution in [1.82, 2.24) is 10.6 Å². The van der Waals surface area contributed by atoms with Crippen molar-refractivity contribution in [1.29, 1.82) is 0 Å². The molecule has 3 rings (SSSR count). The van der Waals surface area contributed by atoms with E-state index in [2.05, 4.69) is 17.6 Å². The van der Waals surface area contributed by atoms with E-state index in [0.29, 0.717) is 10.9 Å². The molecule has 5 nitrogen and oxygen atoms in total. The van der Waals surface area contributed by atoms with Crippen molar-refractivity contribution in [3.63, 3.8) is 0 Å². The lowest BCUT2D eigenvalue weighted by Crippen LogP contribution is -2.46. The smallest absolute Gasteiger partial charge is 0.221 e. The van der Waals surface area contributed by atoms with Gasteiger partial charge in [-0.1, -0.05) is 6.07 Å². The maximum Gasteiger partial charge on any atom is 0.221 e. The summed E-state index contributed by atoms with van der Waals surface area (Å²) < 4.78 is 25.0. The highest BCUT2D eigenvalue weighted by Gasteiger charge is 2.22. The van der Waals surface area contributed by atoms with E-state index in [1.54, 1.807) is 12.1 Å². The van der Waals surface area contributed by atoms with Crippen molar-refractivity contribution in [2.45, 2.75) is 62.4 Å². The fourth-order valence-corrected chi connectivity index (χ4v) is 4.94. The molecule has 1 aromatic carbocycles. The largest absolute Gasteiger partial charge is 0.353 e. The van der Waals surface area contributed by atoms with Gasteiger partial charge in [0, 0.05) is 18.5 Å². The maximum absolute atomic E-state index is 12.5. The van der Waals surface area contributed by atoms with Crippen LogP contribution in [-0.2, 0) is 27.5 Å². The van der Waals surface area contributed by atoms with Gasteiger partial charge in [0.25, 0.3) is 0 Å². The summed E-state index contributed by atoms with van der Waals surface area (Å²) in [6, 6.07) is 5.94. The fourth-order valence-electron chi connectivity index (χ4n) is 3.65. The molecule has 1 aliphatic carbocycles. The fraction of sp³-hybridized carbons (Fsp3) is 0.611. The molecule has 0 radical (unpaired) electrons. The second-order valence-electron chi connectivity index (χ2n) is 7.00. The first-order valence-corrected chi connectivity index (χ1v) is 10.5. The monoisotopic (exact) mass is 386 g/mol. The molecule has 1 fully saturated rings. The predicted octanol–water partition coefficient (Wildman–Crippen LogP) is 2.02. The number of nitrogens with one attached hydrogen (secondary N) is 2. The van der Waals surface area contributed by atoms with Crippen LogP contribution in [0, 0.1) is 0 Å². The van der Waals surface area contributed by atoms with Gasteiger partial charge >= 0.3 is 0 Å². The van der Waals surface area contributed by atoms with E-state index in [1.165, 1.54) is 5.56 Å². The van der Waals surface area contributed by atoms with Crippen molar-refractivity contribution < 1.29 is 13.2 Å². The molecule has 2 N–H and O–H groups in total. The number of rotatable bonds is 5. The summed E-state index contributed by atoms with van der Waals surface area (Å²) in [6.45, 7) is 2.98. The number of benzene rings is 1. The lowest BCUT2D eigenvalue weighted by molar-refractivity contribution is -0.121. The average Bonchev–Trinajstić information content (AvgIpc) is 3.01. The van der Waals surface area contributed by atoms with Gasteiger partial charge < -0.3 is 10.6 Å². The molecular formula is C18H27ClN2O3S. The Morgan fingerprint density at radius 1 is 1.28 bits per heavy atom. The molecule has 2 aliphatic rings. The van der Waals surface area contributed by atoms with Crippen molar-refractivity contribution in [3.05, 3.63) is 29.3 Å². The second-order valence-corrected chi connectivity index (χ2v) is 9.11. The van der Waals surface area contributed by atoms with E-state index in [-0.39, 0.29) is 36.5 Å². The summed E-state index contributed by atoms with van der Waals surface area (Å²) in [5, 5.41) is 6.31. The van der Waals surface area contributed by atoms with Gasteiger partial charge in [0.1, 0.15) is 0 Å². The number of hydrogen-bond donors (Lipinski definition) is 2. The van der Waals surface area contributed by atoms with Crippen LogP contribution in [0.3, 0.4) is 0 Å². The summed E-state index contributed by atoms with van der Waals surface area (Å²) in [5.41, 5.74) is 2.40. The van der Waals surface area contributed by atoms with Gasteiger partial charge in [0.15, 0.2) is 9.84 Å². The highest BCUT2D eigenvalue weighted by Crippen LogP contribution is 2.25. The minimum absolute atomic E-state index is 0. The van der Waals surface area contributed by atoms with Gasteiger partial charge in [-0.25, -0.2) is 8.42 Å². The maximum atomic E-state index is 12.5. The predicted molar refractivity (Wildman–Crippen MR) is 101 cm³/mol. The molecule has 1 amide bonds. The zero-order valence-corrected chi connectivity index (χ0v) is 16.2. The Hall–Kier alpha value is -1.11. The summed E-state index contributed by atoms with van der Waals surface area (Å²) in [5.74, 6) is -0.295. The molecule has 0 aromatic heterocycles. The van der Waals surface area contributed by atoms with E-state index in [0.717, 1.165) is 44.2 Å². The van der Waals surface area contributed by atoms with Gasteiger partial charge in [-0.3, -0.25) is 4.79 Å². The van der Waals surface area contributed by atoms with Crippen molar-refractivity contribution >= 4 is 28.2 Å². The van der Waals surface area contributed by atoms with E-state index in [1.807, 2.05) is 6.07 Å². The molecule has 0 spiro atoms. The topological polar surface area (TPSA) is 75.3 Å². The third-order valence-corrected chi connectivity index (χ3v) is 6.73. The number of carbonyl (C=O) groups excluding carboxylic acids is 1. The molecule has 7 heteroatoms. The Morgan fingerprint density at radius 2 is 2.04 bits per heavy atom. The van der Waals surface area contributed by atoms with Crippen molar-refractivity contribution in [2.75, 3.05) is 12.3 Å². The Kier molecular flexibility index (Phi) is 6.88. The molecule has 140 valence electrons. The van der Waals surface area contributed by atoms with Crippen LogP contribution in [0.25, 0.3) is 0 Å². The quantitative estimate of drug-likeness (QED) is 0.811. The van der Waals surface area contributed by atoms with E-state index in [4.69, 9.17) is 0 Å². The summed E-state index contributed by atoms with van der Waals surface area (Å²) in [4.78, 5) is 12.4. The number of halogens is 1. The van der Waals surface area contributed by atoms with E-state index < -0.39 is 9.84 Å². The SMILES string of the molecule is CC1CC(NC(=O)CCS(=O)(=O)c2ccc3c(c2)CCC3)CCN1.Cl. The average molecular weight is 387 g/mol. The van der Waals surface area contributed by atoms with E-state index >= 15 is 0 Å². The minimum Gasteiger partial charge on any atom is -0.353 e. The molecule has 0 bridgehead atoms. The normalized spacial score (nSPS) is 22.8. The number of amides is 1. The van der Waals surface area contributed by atoms with Crippen LogP contribution < -0.4 is 10.6 Å². The van der Waals surface area contributed by atoms with Gasteiger partial charge in [-0.15, -0.1) is 12.4 Å². The Morgan fingerprint density at radius 3 is 2.80 bits per heavy atom. The summed E-state index contributed by atoms with van der Waals surface area (Å²) in [6.07, 6.45) is 4.89. The first-order valence-electron chi connectivity index (χ1n) is 8.81. The number of carbonyl (C=O) groups is 1. The first kappa shape index (κ1) is 20.2. The van der Waals surface area contributed by atoms with Gasteiger partial charge in [-0.05, 0) is 68.8 Å². The van der Waals surface area contributed by atoms with Gasteiger partial charge in [0.05, 0.1) is 10.6 Å². The molecule has 0 saturated carbocycles. The van der Waals surface area contributed by atoms with Crippen LogP contribution in [0.2, 0.25) is 0 Å². The third kappa shape index (κ3) is 5.19. The number of piperidine rings is 1. The zero-order chi connectivity index (χ0) is 17.2. The van der Waals surface area contributed by atoms with Crippen LogP contribution >= 0.6 is 12.4 Å². The second kappa shape index (κ2) is 8.52. The number of aryl methyl sites for hydroxylation is 2. The minimum atomic E-state index is -3.40. The number of hydrogen-bond acceptors (Lipinski definition) is 4. The van der Waals surface area contributed by atoms with Crippen LogP contribution in [0.4, 0.5) is 0 Å². The molecule has 25 heavy (non-hydrogen) atoms. The van der Waals surface area contributed by atoms with Crippen LogP contribution in [0.5, 0.6) is 0 Å². The number of fused-ring (bicyclic) bond motifs is 1. The standard InChI is InChI=1S/C18H26N2O3S.ClH/c1-13-11-16(7-9-19-13)20-18(21)8-10-24(22,23)17-6-5-14-3-2-4-15(14)12-17;/h5-6,12-13,16,19H,2-4,7-11H2,1H3,(H,20,21);1H. The highest BCUT2D eigenvalue weighted by atomic mass is 35.5. The van der Waals surface area contributed by atoms with Crippen LogP contribution in [0.15, 0.2) is 23.1 Å². The first-order chi connectivity index (χ1) is 11.4. The lowest BCUT2D eigenvalue weighted by atomic mass is 10.0. The Bertz CT molecular complexity index is 721. The molecule has 1 saturated heterocycles. The van der Waals surface area contributed by atoms with Crippen molar-refractivity contribution in [3.8, 4) is 0 Å². The molecule has 1 aliphatic heterocycles. The Labute approximate surface area is 156 Å². The molecular weight excluding hydrogens is 360 g/mol. The van der Waals surface area contributed by atoms with Gasteiger partial charge in [0.2, 0.25) is 5.91 Å². The Balaban J connectivity index is 0.00000225. The van der Waals surface area contributed by atoms with Gasteiger partial charge in [-0.2, -0.15) is 0 Å². The van der Waals surface area contributed by atoms with Crippen molar-refractivity contribution in [2.24, 2.45) is 0 Å². The summed E-state index contributed by atoms with van der Waals surface area (Å²) in [7, 11) is -3.40. The molecule has 1 aromatic rings. The molecule has 2 atom stereocenters. The van der Waals surface area contributed by atoms with Crippen LogP contribution in [-0.4, -0.2) is 38.7 Å². The highest BCUT2D eigenvalue weighted by molar-refractivity contribution is 7.91. The zero-order valence-electron chi connectivity index (χ0n) is 14.6. The number of sulfone groups is 1.